The van der Waals surface area contributed by atoms with Crippen LogP contribution in [0.3, 0.4) is 0 Å². The number of ketones is 2. The molecule has 0 radical (unpaired) electrons. The lowest BCUT2D eigenvalue weighted by atomic mass is 9.78. The highest BCUT2D eigenvalue weighted by molar-refractivity contribution is 6.12. The summed E-state index contributed by atoms with van der Waals surface area (Å²) in [6.45, 7) is 4.86. The molecule has 1 aromatic carbocycles. The summed E-state index contributed by atoms with van der Waals surface area (Å²) in [7, 11) is 0. The molecule has 1 atom stereocenters. The summed E-state index contributed by atoms with van der Waals surface area (Å²) in [5, 5.41) is 0. The van der Waals surface area contributed by atoms with Gasteiger partial charge < -0.3 is 4.74 Å². The van der Waals surface area contributed by atoms with Gasteiger partial charge in [-0.05, 0) is 36.5 Å². The van der Waals surface area contributed by atoms with Gasteiger partial charge in [-0.15, -0.1) is 0 Å². The lowest BCUT2D eigenvalue weighted by Crippen LogP contribution is -2.32. The first kappa shape index (κ1) is 15.6. The number of rotatable bonds is 6. The van der Waals surface area contributed by atoms with Crippen LogP contribution in [0, 0.1) is 5.92 Å². The van der Waals surface area contributed by atoms with Gasteiger partial charge in [0.1, 0.15) is 5.78 Å². The molecule has 0 heterocycles. The van der Waals surface area contributed by atoms with E-state index in [-0.39, 0.29) is 23.9 Å². The monoisotopic (exact) mass is 286 g/mol. The van der Waals surface area contributed by atoms with Crippen molar-refractivity contribution in [2.75, 3.05) is 13.2 Å². The van der Waals surface area contributed by atoms with Gasteiger partial charge in [-0.2, -0.15) is 0 Å². The van der Waals surface area contributed by atoms with Gasteiger partial charge in [0.05, 0.1) is 18.9 Å². The highest BCUT2D eigenvalue weighted by atomic mass is 16.5. The largest absolute Gasteiger partial charge is 0.381 e. The molecule has 1 aliphatic rings. The van der Waals surface area contributed by atoms with Crippen molar-refractivity contribution >= 4 is 11.6 Å². The third-order valence-corrected chi connectivity index (χ3v) is 3.95. The molecule has 21 heavy (non-hydrogen) atoms. The highest BCUT2D eigenvalue weighted by Gasteiger charge is 2.33. The van der Waals surface area contributed by atoms with Gasteiger partial charge in [0.15, 0.2) is 5.78 Å². The number of carbonyl (C=O) groups is 2. The van der Waals surface area contributed by atoms with E-state index >= 15 is 0 Å². The molecule has 3 heteroatoms. The van der Waals surface area contributed by atoms with Crippen molar-refractivity contribution in [2.45, 2.75) is 33.1 Å². The molecule has 0 aromatic heterocycles. The second-order valence-corrected chi connectivity index (χ2v) is 5.30. The number of Topliss-reactive ketones (excluding diaryl/α,β-unsaturated/α-hetero) is 2. The Morgan fingerprint density at radius 2 is 1.86 bits per heavy atom. The maximum absolute atomic E-state index is 12.2. The van der Waals surface area contributed by atoms with Crippen LogP contribution in [0.15, 0.2) is 41.5 Å². The Kier molecular flexibility index (Phi) is 5.45. The quantitative estimate of drug-likeness (QED) is 0.755. The molecule has 1 aliphatic carbocycles. The normalized spacial score (nSPS) is 19.2. The second kappa shape index (κ2) is 7.32. The van der Waals surface area contributed by atoms with Crippen LogP contribution in [0.1, 0.15) is 32.3 Å². The summed E-state index contributed by atoms with van der Waals surface area (Å²) in [4.78, 5) is 24.4. The SMILES string of the molecule is CCOCC1C(=O)CC(=O)C(CC)=C1Cc1ccccc1. The lowest BCUT2D eigenvalue weighted by Gasteiger charge is -2.26. The molecule has 0 saturated carbocycles. The fourth-order valence-electron chi connectivity index (χ4n) is 2.87. The van der Waals surface area contributed by atoms with Crippen molar-refractivity contribution in [3.05, 3.63) is 47.0 Å². The summed E-state index contributed by atoms with van der Waals surface area (Å²) < 4.78 is 5.47. The van der Waals surface area contributed by atoms with Gasteiger partial charge in [-0.25, -0.2) is 0 Å². The maximum atomic E-state index is 12.2. The molecule has 1 aromatic rings. The number of benzene rings is 1. The van der Waals surface area contributed by atoms with Gasteiger partial charge in [-0.1, -0.05) is 37.3 Å². The van der Waals surface area contributed by atoms with Crippen LogP contribution in [0.25, 0.3) is 0 Å². The van der Waals surface area contributed by atoms with Gasteiger partial charge >= 0.3 is 0 Å². The summed E-state index contributed by atoms with van der Waals surface area (Å²) in [5.74, 6) is -0.282. The van der Waals surface area contributed by atoms with Crippen molar-refractivity contribution in [1.82, 2.24) is 0 Å². The molecule has 0 saturated heterocycles. The summed E-state index contributed by atoms with van der Waals surface area (Å²) in [6.07, 6.45) is 1.36. The van der Waals surface area contributed by atoms with Gasteiger partial charge in [0.25, 0.3) is 0 Å². The summed E-state index contributed by atoms with van der Waals surface area (Å²) in [6, 6.07) is 9.98. The summed E-state index contributed by atoms with van der Waals surface area (Å²) in [5.41, 5.74) is 2.91. The maximum Gasteiger partial charge on any atom is 0.166 e. The van der Waals surface area contributed by atoms with Crippen LogP contribution >= 0.6 is 0 Å². The van der Waals surface area contributed by atoms with E-state index in [1.807, 2.05) is 44.2 Å². The van der Waals surface area contributed by atoms with Crippen LogP contribution in [0.5, 0.6) is 0 Å². The fraction of sp³-hybridized carbons (Fsp3) is 0.444. The minimum atomic E-state index is -0.266. The third kappa shape index (κ3) is 3.67. The molecule has 0 spiro atoms. The number of hydrogen-bond donors (Lipinski definition) is 0. The molecule has 112 valence electrons. The van der Waals surface area contributed by atoms with E-state index in [9.17, 15) is 9.59 Å². The first-order valence-electron chi connectivity index (χ1n) is 7.56. The topological polar surface area (TPSA) is 43.4 Å². The van der Waals surface area contributed by atoms with E-state index in [1.165, 1.54) is 0 Å². The Morgan fingerprint density at radius 1 is 1.14 bits per heavy atom. The van der Waals surface area contributed by atoms with Gasteiger partial charge in [0, 0.05) is 6.61 Å². The predicted molar refractivity (Wildman–Crippen MR) is 82.1 cm³/mol. The third-order valence-electron chi connectivity index (χ3n) is 3.95. The Labute approximate surface area is 126 Å². The zero-order valence-electron chi connectivity index (χ0n) is 12.7. The lowest BCUT2D eigenvalue weighted by molar-refractivity contribution is -0.129. The molecule has 3 nitrogen and oxygen atoms in total. The zero-order valence-corrected chi connectivity index (χ0v) is 12.7. The number of hydrogen-bond acceptors (Lipinski definition) is 3. The molecule has 1 unspecified atom stereocenters. The minimum absolute atomic E-state index is 0.00317. The average Bonchev–Trinajstić information content (AvgIpc) is 2.48. The minimum Gasteiger partial charge on any atom is -0.381 e. The van der Waals surface area contributed by atoms with E-state index in [1.54, 1.807) is 0 Å². The van der Waals surface area contributed by atoms with Crippen molar-refractivity contribution in [2.24, 2.45) is 5.92 Å². The van der Waals surface area contributed by atoms with E-state index in [0.29, 0.717) is 26.1 Å². The molecule has 0 fully saturated rings. The Balaban J connectivity index is 2.35. The fourth-order valence-corrected chi connectivity index (χ4v) is 2.87. The first-order chi connectivity index (χ1) is 10.2. The van der Waals surface area contributed by atoms with E-state index in [0.717, 1.165) is 16.7 Å². The first-order valence-corrected chi connectivity index (χ1v) is 7.56. The van der Waals surface area contributed by atoms with E-state index in [2.05, 4.69) is 0 Å². The van der Waals surface area contributed by atoms with Crippen molar-refractivity contribution < 1.29 is 14.3 Å². The molecule has 0 aliphatic heterocycles. The highest BCUT2D eigenvalue weighted by Crippen LogP contribution is 2.30. The van der Waals surface area contributed by atoms with Crippen LogP contribution in [-0.4, -0.2) is 24.8 Å². The van der Waals surface area contributed by atoms with E-state index in [4.69, 9.17) is 4.74 Å². The number of ether oxygens (including phenoxy) is 1. The zero-order chi connectivity index (χ0) is 15.2. The van der Waals surface area contributed by atoms with E-state index < -0.39 is 0 Å². The Bertz CT molecular complexity index is 543. The molecule has 0 bridgehead atoms. The van der Waals surface area contributed by atoms with Crippen molar-refractivity contribution in [3.63, 3.8) is 0 Å². The standard InChI is InChI=1S/C18H22O3/c1-3-14-15(10-13-8-6-5-7-9-13)16(12-21-4-2)18(20)11-17(14)19/h5-9,16H,3-4,10-12H2,1-2H3. The summed E-state index contributed by atoms with van der Waals surface area (Å²) >= 11 is 0. The smallest absolute Gasteiger partial charge is 0.166 e. The second-order valence-electron chi connectivity index (χ2n) is 5.30. The number of carbonyl (C=O) groups excluding carboxylic acids is 2. The van der Waals surface area contributed by atoms with Crippen molar-refractivity contribution in [1.29, 1.82) is 0 Å². The Morgan fingerprint density at radius 3 is 2.48 bits per heavy atom. The average molecular weight is 286 g/mol. The van der Waals surface area contributed by atoms with Gasteiger partial charge in [0.2, 0.25) is 0 Å². The van der Waals surface area contributed by atoms with Crippen molar-refractivity contribution in [3.8, 4) is 0 Å². The Hall–Kier alpha value is -1.74. The molecule has 0 amide bonds. The van der Waals surface area contributed by atoms with Crippen LogP contribution in [-0.2, 0) is 20.7 Å². The molecule has 0 N–H and O–H groups in total. The number of allylic oxidation sites excluding steroid dienone is 1. The molecule has 2 rings (SSSR count). The van der Waals surface area contributed by atoms with Gasteiger partial charge in [-0.3, -0.25) is 9.59 Å². The molecular weight excluding hydrogens is 264 g/mol. The molecular formula is C18H22O3. The van der Waals surface area contributed by atoms with Crippen LogP contribution in [0.4, 0.5) is 0 Å². The predicted octanol–water partition coefficient (Wildman–Crippen LogP) is 3.13. The van der Waals surface area contributed by atoms with Crippen LogP contribution < -0.4 is 0 Å². The van der Waals surface area contributed by atoms with Crippen LogP contribution in [0.2, 0.25) is 0 Å².